The van der Waals surface area contributed by atoms with Gasteiger partial charge in [-0.15, -0.1) is 0 Å². The average molecular weight is 571 g/mol. The number of nitrogens with one attached hydrogen (secondary N) is 1. The molecule has 0 fully saturated rings. The van der Waals surface area contributed by atoms with Gasteiger partial charge in [0.15, 0.2) is 23.9 Å². The van der Waals surface area contributed by atoms with Gasteiger partial charge in [0.1, 0.15) is 34.0 Å². The first kappa shape index (κ1) is 28.4. The zero-order chi connectivity index (χ0) is 30.3. The van der Waals surface area contributed by atoms with Crippen molar-refractivity contribution >= 4 is 34.0 Å². The molecule has 0 saturated heterocycles. The van der Waals surface area contributed by atoms with E-state index >= 15 is 0 Å². The van der Waals surface area contributed by atoms with Crippen LogP contribution in [-0.4, -0.2) is 47.1 Å². The summed E-state index contributed by atoms with van der Waals surface area (Å²) < 4.78 is 11.5. The lowest BCUT2D eigenvalue weighted by atomic mass is 9.71. The lowest BCUT2D eigenvalue weighted by molar-refractivity contribution is -0.121. The van der Waals surface area contributed by atoms with Gasteiger partial charge in [-0.2, -0.15) is 0 Å². The second kappa shape index (κ2) is 10.7. The molecule has 42 heavy (non-hydrogen) atoms. The van der Waals surface area contributed by atoms with Crippen LogP contribution in [0.2, 0.25) is 0 Å². The molecule has 1 atom stereocenters. The number of methoxy groups -OCH3 is 1. The molecule has 0 aromatic heterocycles. The molecular formula is C32H30N2O8. The highest BCUT2D eigenvalue weighted by molar-refractivity contribution is 6.27. The van der Waals surface area contributed by atoms with E-state index in [4.69, 9.17) is 14.3 Å². The summed E-state index contributed by atoms with van der Waals surface area (Å²) in [7, 11) is 1.35. The number of aliphatic hydroxyl groups excluding tert-OH is 1. The molecule has 3 aromatic rings. The van der Waals surface area contributed by atoms with Crippen LogP contribution >= 0.6 is 0 Å². The van der Waals surface area contributed by atoms with E-state index in [0.29, 0.717) is 0 Å². The number of oxime groups is 1. The first-order chi connectivity index (χ1) is 20.0. The maximum absolute atomic E-state index is 13.9. The second-order valence-electron chi connectivity index (χ2n) is 10.4. The number of carbonyl (C=O) groups is 3. The summed E-state index contributed by atoms with van der Waals surface area (Å²) in [6.45, 7) is 6.16. The minimum Gasteiger partial charge on any atom is -0.507 e. The Hall–Kier alpha value is -5.12. The topological polar surface area (TPSA) is 144 Å². The van der Waals surface area contributed by atoms with Crippen molar-refractivity contribution in [3.05, 3.63) is 87.9 Å². The fourth-order valence-corrected chi connectivity index (χ4v) is 5.43. The SMILES string of the molecule is COc1cc(O)c2c(c1C(=O)NCc1c(C)ccc3ccccc13)OC1=CC(O)=C(C(C)=NOCC(C)=O)C(=O)[C@]12C. The second-order valence-corrected chi connectivity index (χ2v) is 10.4. The van der Waals surface area contributed by atoms with Crippen LogP contribution in [0.4, 0.5) is 0 Å². The van der Waals surface area contributed by atoms with Crippen LogP contribution in [0.5, 0.6) is 17.2 Å². The highest BCUT2D eigenvalue weighted by Gasteiger charge is 2.55. The first-order valence-electron chi connectivity index (χ1n) is 13.2. The smallest absolute Gasteiger partial charge is 0.259 e. The van der Waals surface area contributed by atoms with Gasteiger partial charge in [-0.3, -0.25) is 14.4 Å². The van der Waals surface area contributed by atoms with E-state index in [-0.39, 0.29) is 64.4 Å². The number of aryl methyl sites for hydroxylation is 1. The van der Waals surface area contributed by atoms with Crippen LogP contribution in [0.1, 0.15) is 47.8 Å². The molecule has 0 bridgehead atoms. The minimum atomic E-state index is -1.61. The van der Waals surface area contributed by atoms with Gasteiger partial charge in [-0.05, 0) is 49.6 Å². The van der Waals surface area contributed by atoms with Gasteiger partial charge in [0.25, 0.3) is 5.91 Å². The minimum absolute atomic E-state index is 0.0104. The molecule has 3 aromatic carbocycles. The zero-order valence-corrected chi connectivity index (χ0v) is 23.8. The Morgan fingerprint density at radius 3 is 2.57 bits per heavy atom. The fraction of sp³-hybridized carbons (Fsp3) is 0.250. The molecule has 10 heteroatoms. The molecule has 1 aliphatic heterocycles. The summed E-state index contributed by atoms with van der Waals surface area (Å²) in [5.41, 5.74) is 0.231. The lowest BCUT2D eigenvalue weighted by Gasteiger charge is -2.28. The number of ketones is 2. The molecule has 10 nitrogen and oxygen atoms in total. The molecule has 216 valence electrons. The van der Waals surface area contributed by atoms with E-state index in [1.54, 1.807) is 0 Å². The molecule has 1 amide bonds. The Kier molecular flexibility index (Phi) is 7.24. The maximum Gasteiger partial charge on any atom is 0.259 e. The van der Waals surface area contributed by atoms with Crippen molar-refractivity contribution in [3.63, 3.8) is 0 Å². The van der Waals surface area contributed by atoms with Crippen molar-refractivity contribution < 1.29 is 38.9 Å². The number of ether oxygens (including phenoxy) is 2. The highest BCUT2D eigenvalue weighted by atomic mass is 16.6. The molecule has 1 heterocycles. The molecular weight excluding hydrogens is 540 g/mol. The summed E-state index contributed by atoms with van der Waals surface area (Å²) in [5.74, 6) is -2.21. The average Bonchev–Trinajstić information content (AvgIpc) is 3.25. The highest BCUT2D eigenvalue weighted by Crippen LogP contribution is 2.56. The van der Waals surface area contributed by atoms with E-state index < -0.39 is 22.9 Å². The number of amides is 1. The van der Waals surface area contributed by atoms with E-state index in [1.165, 1.54) is 40.0 Å². The Morgan fingerprint density at radius 1 is 1.12 bits per heavy atom. The number of hydrogen-bond acceptors (Lipinski definition) is 9. The molecule has 5 rings (SSSR count). The van der Waals surface area contributed by atoms with Gasteiger partial charge < -0.3 is 29.8 Å². The molecule has 2 aliphatic rings. The number of fused-ring (bicyclic) bond motifs is 4. The van der Waals surface area contributed by atoms with E-state index in [2.05, 4.69) is 10.5 Å². The number of rotatable bonds is 8. The number of hydrogen-bond donors (Lipinski definition) is 3. The summed E-state index contributed by atoms with van der Waals surface area (Å²) in [5, 5.41) is 30.6. The van der Waals surface area contributed by atoms with Crippen LogP contribution in [0.15, 0.2) is 70.8 Å². The number of benzene rings is 3. The number of phenolic OH excluding ortho intramolecular Hbond substituents is 1. The van der Waals surface area contributed by atoms with Crippen molar-refractivity contribution in [1.29, 1.82) is 0 Å². The Bertz CT molecular complexity index is 1770. The fourth-order valence-electron chi connectivity index (χ4n) is 5.43. The van der Waals surface area contributed by atoms with Crippen molar-refractivity contribution in [2.24, 2.45) is 5.16 Å². The quantitative estimate of drug-likeness (QED) is 0.261. The predicted octanol–water partition coefficient (Wildman–Crippen LogP) is 4.70. The third-order valence-corrected chi connectivity index (χ3v) is 7.61. The van der Waals surface area contributed by atoms with Crippen LogP contribution in [-0.2, 0) is 26.4 Å². The number of aromatic hydroxyl groups is 1. The van der Waals surface area contributed by atoms with Crippen LogP contribution in [0.25, 0.3) is 10.8 Å². The number of Topliss-reactive ketones (excluding diaryl/α,β-unsaturated/α-hetero) is 2. The molecule has 0 unspecified atom stereocenters. The predicted molar refractivity (Wildman–Crippen MR) is 155 cm³/mol. The largest absolute Gasteiger partial charge is 0.507 e. The number of carbonyl (C=O) groups excluding carboxylic acids is 3. The lowest BCUT2D eigenvalue weighted by Crippen LogP contribution is -2.39. The van der Waals surface area contributed by atoms with E-state index in [0.717, 1.165) is 21.9 Å². The van der Waals surface area contributed by atoms with Crippen LogP contribution < -0.4 is 14.8 Å². The summed E-state index contributed by atoms with van der Waals surface area (Å²) in [6.07, 6.45) is 1.24. The number of phenols is 1. The standard InChI is InChI=1S/C32H30N2O8/c1-16-10-11-19-8-6-7-9-20(19)21(16)14-33-31(39)27-24(40-5)12-23(37)28-29(27)42-25-13-22(36)26(30(38)32(25,28)4)18(3)34-41-15-17(2)35/h6-13,36-37H,14-15H2,1-5H3,(H,33,39)/t32-/m1/s1. The normalized spacial score (nSPS) is 17.8. The molecule has 3 N–H and O–H groups in total. The number of aliphatic hydroxyl groups is 1. The summed E-state index contributed by atoms with van der Waals surface area (Å²) >= 11 is 0. The number of allylic oxidation sites excluding steroid dienone is 3. The van der Waals surface area contributed by atoms with Gasteiger partial charge in [0.2, 0.25) is 0 Å². The third-order valence-electron chi connectivity index (χ3n) is 7.61. The molecule has 1 aliphatic carbocycles. The van der Waals surface area contributed by atoms with E-state index in [9.17, 15) is 24.6 Å². The Labute approximate surface area is 241 Å². The van der Waals surface area contributed by atoms with Gasteiger partial charge in [-0.1, -0.05) is 41.6 Å². The van der Waals surface area contributed by atoms with E-state index in [1.807, 2.05) is 43.3 Å². The van der Waals surface area contributed by atoms with Crippen LogP contribution in [0.3, 0.4) is 0 Å². The summed E-state index contributed by atoms with van der Waals surface area (Å²) in [4.78, 5) is 43.9. The zero-order valence-electron chi connectivity index (χ0n) is 23.8. The summed E-state index contributed by atoms with van der Waals surface area (Å²) in [6, 6.07) is 13.1. The van der Waals surface area contributed by atoms with Crippen molar-refractivity contribution in [2.75, 3.05) is 13.7 Å². The van der Waals surface area contributed by atoms with Crippen molar-refractivity contribution in [2.45, 2.75) is 39.7 Å². The first-order valence-corrected chi connectivity index (χ1v) is 13.2. The molecule has 0 radical (unpaired) electrons. The Morgan fingerprint density at radius 2 is 1.86 bits per heavy atom. The van der Waals surface area contributed by atoms with Crippen molar-refractivity contribution in [3.8, 4) is 17.2 Å². The van der Waals surface area contributed by atoms with Gasteiger partial charge >= 0.3 is 0 Å². The van der Waals surface area contributed by atoms with Crippen molar-refractivity contribution in [1.82, 2.24) is 5.32 Å². The van der Waals surface area contributed by atoms with Gasteiger partial charge in [0.05, 0.1) is 24.0 Å². The third kappa shape index (κ3) is 4.54. The molecule has 0 spiro atoms. The van der Waals surface area contributed by atoms with Gasteiger partial charge in [0, 0.05) is 18.7 Å². The number of nitrogens with zero attached hydrogens (tertiary/aromatic N) is 1. The van der Waals surface area contributed by atoms with Gasteiger partial charge in [-0.25, -0.2) is 0 Å². The maximum atomic E-state index is 13.9. The monoisotopic (exact) mass is 570 g/mol. The Balaban J connectivity index is 1.54. The van der Waals surface area contributed by atoms with Crippen LogP contribution in [0, 0.1) is 6.92 Å². The molecule has 0 saturated carbocycles.